The summed E-state index contributed by atoms with van der Waals surface area (Å²) in [6.45, 7) is 3.76. The van der Waals surface area contributed by atoms with Crippen molar-refractivity contribution < 1.29 is 18.3 Å². The number of aryl methyl sites for hydroxylation is 2. The predicted octanol–water partition coefficient (Wildman–Crippen LogP) is 5.17. The molecule has 0 amide bonds. The SMILES string of the molecule is Cc1cc(C)cc(C(O)c2cc(C(F)(F)F)ccc2Br)c1. The van der Waals surface area contributed by atoms with Crippen molar-refractivity contribution in [2.45, 2.75) is 26.1 Å². The summed E-state index contributed by atoms with van der Waals surface area (Å²) in [5.41, 5.74) is 1.91. The van der Waals surface area contributed by atoms with Crippen LogP contribution < -0.4 is 0 Å². The smallest absolute Gasteiger partial charge is 0.384 e. The van der Waals surface area contributed by atoms with Gasteiger partial charge in [-0.3, -0.25) is 0 Å². The molecule has 0 aromatic heterocycles. The first kappa shape index (κ1) is 16.0. The Morgan fingerprint density at radius 2 is 1.57 bits per heavy atom. The van der Waals surface area contributed by atoms with E-state index in [1.807, 2.05) is 19.9 Å². The molecule has 0 radical (unpaired) electrons. The monoisotopic (exact) mass is 358 g/mol. The first-order valence-corrected chi connectivity index (χ1v) is 7.10. The first-order chi connectivity index (χ1) is 9.68. The van der Waals surface area contributed by atoms with Crippen molar-refractivity contribution in [3.8, 4) is 0 Å². The summed E-state index contributed by atoms with van der Waals surface area (Å²) in [5.74, 6) is 0. The van der Waals surface area contributed by atoms with Crippen LogP contribution in [0.5, 0.6) is 0 Å². The molecular weight excluding hydrogens is 345 g/mol. The molecule has 1 atom stereocenters. The summed E-state index contributed by atoms with van der Waals surface area (Å²) >= 11 is 3.20. The minimum atomic E-state index is -4.43. The fourth-order valence-electron chi connectivity index (χ4n) is 2.28. The zero-order chi connectivity index (χ0) is 15.8. The van der Waals surface area contributed by atoms with E-state index in [1.165, 1.54) is 6.07 Å². The highest BCUT2D eigenvalue weighted by molar-refractivity contribution is 9.10. The van der Waals surface area contributed by atoms with Gasteiger partial charge in [0.25, 0.3) is 0 Å². The van der Waals surface area contributed by atoms with E-state index in [0.717, 1.165) is 23.3 Å². The zero-order valence-corrected chi connectivity index (χ0v) is 13.1. The zero-order valence-electron chi connectivity index (χ0n) is 11.5. The Kier molecular flexibility index (Phi) is 4.44. The molecule has 2 aromatic rings. The number of rotatable bonds is 2. The van der Waals surface area contributed by atoms with E-state index in [2.05, 4.69) is 15.9 Å². The third-order valence-electron chi connectivity index (χ3n) is 3.18. The second-order valence-corrected chi connectivity index (χ2v) is 5.91. The summed E-state index contributed by atoms with van der Waals surface area (Å²) in [6, 6.07) is 8.75. The lowest BCUT2D eigenvalue weighted by Crippen LogP contribution is -2.08. The quantitative estimate of drug-likeness (QED) is 0.785. The molecule has 21 heavy (non-hydrogen) atoms. The Morgan fingerprint density at radius 1 is 1.00 bits per heavy atom. The molecule has 0 heterocycles. The van der Waals surface area contributed by atoms with Gasteiger partial charge in [-0.25, -0.2) is 0 Å². The Bertz CT molecular complexity index is 645. The topological polar surface area (TPSA) is 20.2 Å². The molecule has 0 aliphatic carbocycles. The van der Waals surface area contributed by atoms with Gasteiger partial charge in [-0.1, -0.05) is 45.3 Å². The number of hydrogen-bond acceptors (Lipinski definition) is 1. The van der Waals surface area contributed by atoms with Gasteiger partial charge < -0.3 is 5.11 Å². The second kappa shape index (κ2) is 5.81. The third kappa shape index (κ3) is 3.66. The highest BCUT2D eigenvalue weighted by atomic mass is 79.9. The van der Waals surface area contributed by atoms with E-state index in [-0.39, 0.29) is 5.56 Å². The van der Waals surface area contributed by atoms with Crippen LogP contribution in [0.1, 0.15) is 33.9 Å². The Labute approximate surface area is 129 Å². The minimum absolute atomic E-state index is 0.204. The molecular formula is C16H14BrF3O. The predicted molar refractivity (Wildman–Crippen MR) is 79.1 cm³/mol. The van der Waals surface area contributed by atoms with Crippen LogP contribution in [0.3, 0.4) is 0 Å². The maximum atomic E-state index is 12.8. The normalized spacial score (nSPS) is 13.3. The van der Waals surface area contributed by atoms with Crippen molar-refractivity contribution in [2.24, 2.45) is 0 Å². The van der Waals surface area contributed by atoms with Gasteiger partial charge >= 0.3 is 6.18 Å². The lowest BCUT2D eigenvalue weighted by atomic mass is 9.97. The third-order valence-corrected chi connectivity index (χ3v) is 3.90. The van der Waals surface area contributed by atoms with Gasteiger partial charge in [0.15, 0.2) is 0 Å². The molecule has 5 heteroatoms. The van der Waals surface area contributed by atoms with E-state index >= 15 is 0 Å². The second-order valence-electron chi connectivity index (χ2n) is 5.06. The Hall–Kier alpha value is -1.33. The van der Waals surface area contributed by atoms with Crippen molar-refractivity contribution >= 4 is 15.9 Å². The van der Waals surface area contributed by atoms with Crippen LogP contribution in [0.4, 0.5) is 13.2 Å². The van der Waals surface area contributed by atoms with E-state index < -0.39 is 17.8 Å². The minimum Gasteiger partial charge on any atom is -0.384 e. The number of aliphatic hydroxyl groups excluding tert-OH is 1. The number of aliphatic hydroxyl groups is 1. The highest BCUT2D eigenvalue weighted by Gasteiger charge is 2.31. The summed E-state index contributed by atoms with van der Waals surface area (Å²) in [6.07, 6.45) is -5.54. The molecule has 2 rings (SSSR count). The van der Waals surface area contributed by atoms with Crippen molar-refractivity contribution in [2.75, 3.05) is 0 Å². The average molecular weight is 359 g/mol. The first-order valence-electron chi connectivity index (χ1n) is 6.31. The fraction of sp³-hybridized carbons (Fsp3) is 0.250. The number of hydrogen-bond donors (Lipinski definition) is 1. The van der Waals surface area contributed by atoms with Crippen LogP contribution in [0, 0.1) is 13.8 Å². The summed E-state index contributed by atoms with van der Waals surface area (Å²) in [4.78, 5) is 0. The molecule has 0 saturated heterocycles. The molecule has 0 bridgehead atoms. The van der Waals surface area contributed by atoms with E-state index in [4.69, 9.17) is 0 Å². The highest BCUT2D eigenvalue weighted by Crippen LogP contribution is 2.36. The largest absolute Gasteiger partial charge is 0.416 e. The van der Waals surface area contributed by atoms with Crippen LogP contribution in [0.25, 0.3) is 0 Å². The van der Waals surface area contributed by atoms with Crippen LogP contribution >= 0.6 is 15.9 Å². The van der Waals surface area contributed by atoms with Crippen molar-refractivity contribution in [1.29, 1.82) is 0 Å². The summed E-state index contributed by atoms with van der Waals surface area (Å²) in [7, 11) is 0. The van der Waals surface area contributed by atoms with Gasteiger partial charge in [-0.15, -0.1) is 0 Å². The van der Waals surface area contributed by atoms with Crippen molar-refractivity contribution in [3.05, 3.63) is 68.7 Å². The molecule has 0 spiro atoms. The molecule has 0 aliphatic heterocycles. The lowest BCUT2D eigenvalue weighted by Gasteiger charge is -2.17. The lowest BCUT2D eigenvalue weighted by molar-refractivity contribution is -0.137. The van der Waals surface area contributed by atoms with E-state index in [1.54, 1.807) is 12.1 Å². The van der Waals surface area contributed by atoms with Gasteiger partial charge in [0, 0.05) is 4.47 Å². The van der Waals surface area contributed by atoms with E-state index in [0.29, 0.717) is 10.0 Å². The molecule has 0 aliphatic rings. The average Bonchev–Trinajstić information content (AvgIpc) is 2.36. The molecule has 0 saturated carbocycles. The van der Waals surface area contributed by atoms with Crippen LogP contribution in [-0.2, 0) is 6.18 Å². The molecule has 112 valence electrons. The van der Waals surface area contributed by atoms with Gasteiger partial charge in [0.2, 0.25) is 0 Å². The van der Waals surface area contributed by atoms with Gasteiger partial charge in [0.1, 0.15) is 6.10 Å². The van der Waals surface area contributed by atoms with Crippen LogP contribution in [0.15, 0.2) is 40.9 Å². The number of halogens is 4. The number of alkyl halides is 3. The fourth-order valence-corrected chi connectivity index (χ4v) is 2.74. The maximum absolute atomic E-state index is 12.8. The van der Waals surface area contributed by atoms with Gasteiger partial charge in [-0.05, 0) is 43.2 Å². The molecule has 2 aromatic carbocycles. The van der Waals surface area contributed by atoms with Crippen LogP contribution in [0.2, 0.25) is 0 Å². The maximum Gasteiger partial charge on any atom is 0.416 e. The van der Waals surface area contributed by atoms with Crippen LogP contribution in [-0.4, -0.2) is 5.11 Å². The Balaban J connectivity index is 2.49. The van der Waals surface area contributed by atoms with Crippen molar-refractivity contribution in [1.82, 2.24) is 0 Å². The van der Waals surface area contributed by atoms with Gasteiger partial charge in [-0.2, -0.15) is 13.2 Å². The van der Waals surface area contributed by atoms with Crippen molar-refractivity contribution in [3.63, 3.8) is 0 Å². The molecule has 1 N–H and O–H groups in total. The standard InChI is InChI=1S/C16H14BrF3O/c1-9-5-10(2)7-11(6-9)15(21)13-8-12(16(18,19)20)3-4-14(13)17/h3-8,15,21H,1-2H3. The van der Waals surface area contributed by atoms with Gasteiger partial charge in [0.05, 0.1) is 5.56 Å². The Morgan fingerprint density at radius 3 is 2.10 bits per heavy atom. The molecule has 1 unspecified atom stereocenters. The summed E-state index contributed by atoms with van der Waals surface area (Å²) < 4.78 is 38.8. The molecule has 1 nitrogen and oxygen atoms in total. The number of benzene rings is 2. The van der Waals surface area contributed by atoms with E-state index in [9.17, 15) is 18.3 Å². The molecule has 0 fully saturated rings. The summed E-state index contributed by atoms with van der Waals surface area (Å²) in [5, 5.41) is 10.4.